The number of aliphatic hydroxyl groups is 4. The molecule has 0 heterocycles. The number of carboxylic acids is 1. The molecule has 12 unspecified atom stereocenters. The molecular weight excluding hydrogens is 450 g/mol. The molecule has 0 saturated heterocycles. The van der Waals surface area contributed by atoms with Gasteiger partial charge in [0.2, 0.25) is 5.91 Å². The van der Waals surface area contributed by atoms with Gasteiger partial charge in [0.1, 0.15) is 6.04 Å². The standard InChI is InChI=1S/C27H45NO7/c1-14(4-7-21(31)28-20(13-29)25(34)35)16-5-6-17-22-18(9-11-26(16,17)2)27(3)10-8-15(30)12-19(27)23(32)24(22)33/h14-20,22-24,29-30,32-33H,4-13H2,1-3H3,(H,28,31)(H,34,35). The summed E-state index contributed by atoms with van der Waals surface area (Å²) in [5.74, 6) is -0.262. The van der Waals surface area contributed by atoms with Crippen LogP contribution in [0.4, 0.5) is 0 Å². The zero-order valence-corrected chi connectivity index (χ0v) is 21.4. The van der Waals surface area contributed by atoms with Crippen molar-refractivity contribution in [3.8, 4) is 0 Å². The third kappa shape index (κ3) is 4.53. The van der Waals surface area contributed by atoms with E-state index < -0.39 is 36.9 Å². The molecule has 1 amide bonds. The lowest BCUT2D eigenvalue weighted by Gasteiger charge is -2.63. The van der Waals surface area contributed by atoms with Crippen LogP contribution in [0.25, 0.3) is 0 Å². The molecule has 8 heteroatoms. The predicted octanol–water partition coefficient (Wildman–Crippen LogP) is 1.93. The van der Waals surface area contributed by atoms with Crippen LogP contribution in [-0.2, 0) is 9.59 Å². The average Bonchev–Trinajstić information content (AvgIpc) is 3.17. The maximum Gasteiger partial charge on any atom is 0.328 e. The van der Waals surface area contributed by atoms with Gasteiger partial charge in [0, 0.05) is 6.42 Å². The lowest BCUT2D eigenvalue weighted by Crippen LogP contribution is -2.64. The molecule has 200 valence electrons. The van der Waals surface area contributed by atoms with Gasteiger partial charge >= 0.3 is 5.97 Å². The van der Waals surface area contributed by atoms with E-state index in [1.54, 1.807) is 0 Å². The summed E-state index contributed by atoms with van der Waals surface area (Å²) in [4.78, 5) is 23.4. The monoisotopic (exact) mass is 495 g/mol. The number of carboxylic acid groups (broad SMARTS) is 1. The lowest BCUT2D eigenvalue weighted by atomic mass is 9.43. The molecule has 0 aromatic carbocycles. The molecule has 0 aromatic rings. The van der Waals surface area contributed by atoms with Gasteiger partial charge in [-0.1, -0.05) is 20.8 Å². The lowest BCUT2D eigenvalue weighted by molar-refractivity contribution is -0.223. The fraction of sp³-hybridized carbons (Fsp3) is 0.926. The topological polar surface area (TPSA) is 147 Å². The number of carbonyl (C=O) groups is 2. The van der Waals surface area contributed by atoms with Gasteiger partial charge in [0.05, 0.1) is 24.9 Å². The Hall–Kier alpha value is -1.22. The maximum absolute atomic E-state index is 12.3. The highest BCUT2D eigenvalue weighted by Gasteiger charge is 2.65. The fourth-order valence-electron chi connectivity index (χ4n) is 9.23. The number of fused-ring (bicyclic) bond motifs is 5. The second-order valence-electron chi connectivity index (χ2n) is 12.7. The van der Waals surface area contributed by atoms with E-state index in [-0.39, 0.29) is 40.9 Å². The molecule has 8 nitrogen and oxygen atoms in total. The Labute approximate surface area is 208 Å². The van der Waals surface area contributed by atoms with Crippen LogP contribution >= 0.6 is 0 Å². The van der Waals surface area contributed by atoms with Crippen LogP contribution in [0.2, 0.25) is 0 Å². The van der Waals surface area contributed by atoms with Gasteiger partial charge in [0.15, 0.2) is 0 Å². The molecule has 6 N–H and O–H groups in total. The van der Waals surface area contributed by atoms with E-state index in [9.17, 15) is 24.9 Å². The summed E-state index contributed by atoms with van der Waals surface area (Å²) < 4.78 is 0. The Bertz CT molecular complexity index is 806. The molecule has 4 rings (SSSR count). The van der Waals surface area contributed by atoms with Gasteiger partial charge in [-0.15, -0.1) is 0 Å². The molecular formula is C27H45NO7. The van der Waals surface area contributed by atoms with Crippen LogP contribution in [0.3, 0.4) is 0 Å². The van der Waals surface area contributed by atoms with Crippen molar-refractivity contribution in [2.24, 2.45) is 46.3 Å². The van der Waals surface area contributed by atoms with E-state index >= 15 is 0 Å². The molecule has 35 heavy (non-hydrogen) atoms. The van der Waals surface area contributed by atoms with E-state index in [0.29, 0.717) is 30.6 Å². The van der Waals surface area contributed by atoms with Crippen molar-refractivity contribution in [2.45, 2.75) is 103 Å². The number of carbonyl (C=O) groups excluding carboxylic acids is 1. The minimum atomic E-state index is -1.27. The van der Waals surface area contributed by atoms with Crippen molar-refractivity contribution >= 4 is 11.9 Å². The van der Waals surface area contributed by atoms with E-state index in [4.69, 9.17) is 10.2 Å². The Morgan fingerprint density at radius 3 is 2.26 bits per heavy atom. The number of nitrogens with one attached hydrogen (secondary N) is 1. The molecule has 0 spiro atoms. The van der Waals surface area contributed by atoms with Crippen molar-refractivity contribution < 1.29 is 35.1 Å². The van der Waals surface area contributed by atoms with Crippen molar-refractivity contribution in [2.75, 3.05) is 6.61 Å². The quantitative estimate of drug-likeness (QED) is 0.316. The van der Waals surface area contributed by atoms with Gasteiger partial charge in [-0.3, -0.25) is 4.79 Å². The largest absolute Gasteiger partial charge is 0.480 e. The summed E-state index contributed by atoms with van der Waals surface area (Å²) in [5, 5.41) is 53.4. The first-order valence-corrected chi connectivity index (χ1v) is 13.6. The Morgan fingerprint density at radius 2 is 1.60 bits per heavy atom. The number of amides is 1. The van der Waals surface area contributed by atoms with Crippen LogP contribution < -0.4 is 5.32 Å². The van der Waals surface area contributed by atoms with Gasteiger partial charge in [-0.2, -0.15) is 0 Å². The number of hydrogen-bond donors (Lipinski definition) is 6. The smallest absolute Gasteiger partial charge is 0.328 e. The first-order valence-electron chi connectivity index (χ1n) is 13.6. The first-order chi connectivity index (χ1) is 16.4. The molecule has 4 aliphatic carbocycles. The molecule has 4 fully saturated rings. The summed E-state index contributed by atoms with van der Waals surface area (Å²) >= 11 is 0. The predicted molar refractivity (Wildman–Crippen MR) is 129 cm³/mol. The van der Waals surface area contributed by atoms with Crippen molar-refractivity contribution in [1.82, 2.24) is 5.32 Å². The summed E-state index contributed by atoms with van der Waals surface area (Å²) in [6.45, 7) is 6.16. The number of rotatable bonds is 7. The second kappa shape index (κ2) is 9.92. The number of hydrogen-bond acceptors (Lipinski definition) is 6. The molecule has 4 aliphatic rings. The van der Waals surface area contributed by atoms with Crippen LogP contribution in [0.5, 0.6) is 0 Å². The van der Waals surface area contributed by atoms with Crippen molar-refractivity contribution in [1.29, 1.82) is 0 Å². The Morgan fingerprint density at radius 1 is 0.943 bits per heavy atom. The van der Waals surface area contributed by atoms with Crippen molar-refractivity contribution in [3.63, 3.8) is 0 Å². The summed E-state index contributed by atoms with van der Waals surface area (Å²) in [6.07, 6.45) is 5.27. The van der Waals surface area contributed by atoms with E-state index in [1.807, 2.05) is 0 Å². The molecule has 0 aliphatic heterocycles. The zero-order valence-electron chi connectivity index (χ0n) is 21.4. The average molecular weight is 496 g/mol. The molecule has 4 saturated carbocycles. The van der Waals surface area contributed by atoms with Gasteiger partial charge in [-0.05, 0) is 97.7 Å². The Balaban J connectivity index is 1.45. The molecule has 12 atom stereocenters. The van der Waals surface area contributed by atoms with Gasteiger partial charge in [0.25, 0.3) is 0 Å². The van der Waals surface area contributed by atoms with Crippen LogP contribution in [0.15, 0.2) is 0 Å². The fourth-order valence-corrected chi connectivity index (χ4v) is 9.23. The highest BCUT2D eigenvalue weighted by atomic mass is 16.4. The SMILES string of the molecule is CC(CCC(=O)NC(CO)C(=O)O)C1CCC2C3C(O)C(O)C4CC(O)CCC4(C)C3CCC12C. The van der Waals surface area contributed by atoms with E-state index in [0.717, 1.165) is 38.5 Å². The maximum atomic E-state index is 12.3. The highest BCUT2D eigenvalue weighted by molar-refractivity contribution is 5.83. The van der Waals surface area contributed by atoms with Crippen LogP contribution in [0, 0.1) is 46.3 Å². The van der Waals surface area contributed by atoms with E-state index in [1.165, 1.54) is 0 Å². The van der Waals surface area contributed by atoms with Gasteiger partial charge < -0.3 is 30.8 Å². The minimum Gasteiger partial charge on any atom is -0.480 e. The number of aliphatic carboxylic acids is 1. The van der Waals surface area contributed by atoms with E-state index in [2.05, 4.69) is 26.1 Å². The molecule has 0 aromatic heterocycles. The second-order valence-corrected chi connectivity index (χ2v) is 12.7. The summed E-state index contributed by atoms with van der Waals surface area (Å²) in [7, 11) is 0. The van der Waals surface area contributed by atoms with Crippen molar-refractivity contribution in [3.05, 3.63) is 0 Å². The minimum absolute atomic E-state index is 0.0316. The third-order valence-electron chi connectivity index (χ3n) is 11.1. The zero-order chi connectivity index (χ0) is 25.7. The normalized spacial score (nSPS) is 46.6. The van der Waals surface area contributed by atoms with Gasteiger partial charge in [-0.25, -0.2) is 4.79 Å². The Kier molecular flexibility index (Phi) is 7.60. The molecule has 0 radical (unpaired) electrons. The van der Waals surface area contributed by atoms with Crippen LogP contribution in [0.1, 0.15) is 78.6 Å². The number of aliphatic hydroxyl groups excluding tert-OH is 4. The summed E-state index contributed by atoms with van der Waals surface area (Å²) in [6, 6.07) is -1.27. The summed E-state index contributed by atoms with van der Waals surface area (Å²) in [5.41, 5.74) is -0.0249. The van der Waals surface area contributed by atoms with Crippen LogP contribution in [-0.4, -0.2) is 68.4 Å². The first kappa shape index (κ1) is 26.8. The molecule has 0 bridgehead atoms. The third-order valence-corrected chi connectivity index (χ3v) is 11.1. The highest BCUT2D eigenvalue weighted by Crippen LogP contribution is 2.68.